The Morgan fingerprint density at radius 1 is 1.31 bits per heavy atom. The summed E-state index contributed by atoms with van der Waals surface area (Å²) in [7, 11) is 0.975. The van der Waals surface area contributed by atoms with Crippen molar-refractivity contribution in [2.24, 2.45) is 0 Å². The topological polar surface area (TPSA) is 12.0 Å². The van der Waals surface area contributed by atoms with Crippen molar-refractivity contribution < 1.29 is 0 Å². The van der Waals surface area contributed by atoms with Crippen molar-refractivity contribution in [3.8, 4) is 0 Å². The van der Waals surface area contributed by atoms with Crippen molar-refractivity contribution in [1.29, 1.82) is 0 Å². The van der Waals surface area contributed by atoms with E-state index in [0.29, 0.717) is 5.92 Å². The summed E-state index contributed by atoms with van der Waals surface area (Å²) in [6.45, 7) is 8.28. The molecule has 1 aromatic rings. The molecular weight excluding hydrogens is 234 g/mol. The van der Waals surface area contributed by atoms with Crippen molar-refractivity contribution >= 4 is 19.7 Å². The van der Waals surface area contributed by atoms with E-state index in [9.17, 15) is 0 Å². The summed E-state index contributed by atoms with van der Waals surface area (Å²) in [5.41, 5.74) is 1.37. The highest BCUT2D eigenvalue weighted by Gasteiger charge is 2.21. The molecule has 0 bridgehead atoms. The van der Waals surface area contributed by atoms with Crippen LogP contribution in [-0.4, -0.2) is 21.7 Å². The molecule has 0 aliphatic carbocycles. The molecule has 0 aliphatic heterocycles. The lowest BCUT2D eigenvalue weighted by atomic mass is 10.0. The lowest BCUT2D eigenvalue weighted by Gasteiger charge is -2.25. The molecule has 0 spiro atoms. The van der Waals surface area contributed by atoms with E-state index in [-0.39, 0.29) is 0 Å². The number of benzene rings is 1. The second kappa shape index (κ2) is 5.85. The summed E-state index contributed by atoms with van der Waals surface area (Å²) < 4.78 is 0. The highest BCUT2D eigenvalue weighted by Crippen LogP contribution is 2.27. The van der Waals surface area contributed by atoms with Crippen LogP contribution in [0.4, 0.5) is 0 Å². The number of halogens is 1. The van der Waals surface area contributed by atoms with Gasteiger partial charge in [0.15, 0.2) is 0 Å². The van der Waals surface area contributed by atoms with Crippen LogP contribution in [0, 0.1) is 0 Å². The first-order chi connectivity index (χ1) is 7.42. The molecule has 3 heteroatoms. The molecule has 0 saturated carbocycles. The van der Waals surface area contributed by atoms with Gasteiger partial charge in [-0.3, -0.25) is 0 Å². The average Bonchev–Trinajstić information content (AvgIpc) is 2.15. The van der Waals surface area contributed by atoms with Crippen LogP contribution in [0.1, 0.15) is 11.5 Å². The highest BCUT2D eigenvalue weighted by atomic mass is 35.5. The van der Waals surface area contributed by atoms with Gasteiger partial charge in [0, 0.05) is 19.6 Å². The van der Waals surface area contributed by atoms with E-state index in [1.807, 2.05) is 19.2 Å². The molecule has 1 rings (SSSR count). The SMILES string of the molecule is CNCC(C[Si](C)(C)C)c1cccc(Cl)c1. The molecule has 1 N–H and O–H groups in total. The van der Waals surface area contributed by atoms with Gasteiger partial charge in [-0.1, -0.05) is 43.4 Å². The van der Waals surface area contributed by atoms with E-state index in [1.165, 1.54) is 11.6 Å². The van der Waals surface area contributed by atoms with E-state index in [0.717, 1.165) is 11.6 Å². The van der Waals surface area contributed by atoms with Crippen molar-refractivity contribution in [2.45, 2.75) is 31.6 Å². The van der Waals surface area contributed by atoms with E-state index in [4.69, 9.17) is 11.6 Å². The fraction of sp³-hybridized carbons (Fsp3) is 0.538. The normalized spacial score (nSPS) is 13.8. The van der Waals surface area contributed by atoms with E-state index in [1.54, 1.807) is 0 Å². The number of rotatable bonds is 5. The average molecular weight is 256 g/mol. The van der Waals surface area contributed by atoms with E-state index < -0.39 is 8.07 Å². The molecule has 16 heavy (non-hydrogen) atoms. The summed E-state index contributed by atoms with van der Waals surface area (Å²) in [6, 6.07) is 9.58. The Morgan fingerprint density at radius 2 is 2.00 bits per heavy atom. The molecule has 90 valence electrons. The molecule has 1 atom stereocenters. The molecule has 1 nitrogen and oxygen atoms in total. The number of nitrogens with one attached hydrogen (secondary N) is 1. The van der Waals surface area contributed by atoms with Crippen LogP contribution in [-0.2, 0) is 0 Å². The van der Waals surface area contributed by atoms with E-state index in [2.05, 4.69) is 37.1 Å². The number of likely N-dealkylation sites (N-methyl/N-ethyl adjacent to an activating group) is 1. The Balaban J connectivity index is 2.85. The molecular formula is C13H22ClNSi. The third-order valence-electron chi connectivity index (χ3n) is 2.63. The first-order valence-corrected chi connectivity index (χ1v) is 9.91. The fourth-order valence-electron chi connectivity index (χ4n) is 2.05. The van der Waals surface area contributed by atoms with Crippen molar-refractivity contribution in [1.82, 2.24) is 5.32 Å². The zero-order valence-corrected chi connectivity index (χ0v) is 12.4. The zero-order chi connectivity index (χ0) is 12.2. The Hall–Kier alpha value is -0.313. The lowest BCUT2D eigenvalue weighted by molar-refractivity contribution is 0.670. The minimum atomic E-state index is -1.04. The smallest absolute Gasteiger partial charge is 0.0449 e. The van der Waals surface area contributed by atoms with Crippen LogP contribution in [0.25, 0.3) is 0 Å². The zero-order valence-electron chi connectivity index (χ0n) is 10.7. The molecule has 0 heterocycles. The van der Waals surface area contributed by atoms with Gasteiger partial charge in [-0.25, -0.2) is 0 Å². The monoisotopic (exact) mass is 255 g/mol. The van der Waals surface area contributed by atoms with Gasteiger partial charge >= 0.3 is 0 Å². The minimum absolute atomic E-state index is 0.593. The largest absolute Gasteiger partial charge is 0.319 e. The number of hydrogen-bond acceptors (Lipinski definition) is 1. The molecule has 0 radical (unpaired) electrons. The molecule has 0 amide bonds. The maximum Gasteiger partial charge on any atom is 0.0449 e. The second-order valence-electron chi connectivity index (χ2n) is 5.57. The van der Waals surface area contributed by atoms with Gasteiger partial charge < -0.3 is 5.32 Å². The second-order valence-corrected chi connectivity index (χ2v) is 11.5. The van der Waals surface area contributed by atoms with Gasteiger partial charge in [-0.15, -0.1) is 0 Å². The Kier molecular flexibility index (Phi) is 5.03. The van der Waals surface area contributed by atoms with Gasteiger partial charge in [0.05, 0.1) is 0 Å². The van der Waals surface area contributed by atoms with Crippen molar-refractivity contribution in [3.05, 3.63) is 34.9 Å². The minimum Gasteiger partial charge on any atom is -0.319 e. The van der Waals surface area contributed by atoms with Crippen LogP contribution in [0.3, 0.4) is 0 Å². The summed E-state index contributed by atoms with van der Waals surface area (Å²) in [4.78, 5) is 0. The molecule has 0 fully saturated rings. The Labute approximate surface area is 105 Å². The molecule has 1 aromatic carbocycles. The van der Waals surface area contributed by atoms with Gasteiger partial charge in [-0.2, -0.15) is 0 Å². The molecule has 0 aromatic heterocycles. The van der Waals surface area contributed by atoms with Gasteiger partial charge in [0.2, 0.25) is 0 Å². The standard InChI is InChI=1S/C13H22ClNSi/c1-15-9-12(10-16(2,3)4)11-6-5-7-13(14)8-11/h5-8,12,15H,9-10H2,1-4H3. The Morgan fingerprint density at radius 3 is 2.50 bits per heavy atom. The van der Waals surface area contributed by atoms with Crippen LogP contribution in [0.5, 0.6) is 0 Å². The summed E-state index contributed by atoms with van der Waals surface area (Å²) in [6.07, 6.45) is 0. The first-order valence-electron chi connectivity index (χ1n) is 5.82. The Bertz CT molecular complexity index is 333. The maximum absolute atomic E-state index is 6.05. The summed E-state index contributed by atoms with van der Waals surface area (Å²) in [5, 5.41) is 4.13. The summed E-state index contributed by atoms with van der Waals surface area (Å²) >= 11 is 6.05. The predicted octanol–water partition coefficient (Wildman–Crippen LogP) is 3.98. The highest BCUT2D eigenvalue weighted by molar-refractivity contribution is 6.76. The van der Waals surface area contributed by atoms with Crippen LogP contribution in [0.15, 0.2) is 24.3 Å². The third kappa shape index (κ3) is 4.68. The van der Waals surface area contributed by atoms with Gasteiger partial charge in [-0.05, 0) is 36.7 Å². The fourth-order valence-corrected chi connectivity index (χ4v) is 4.11. The van der Waals surface area contributed by atoms with Crippen molar-refractivity contribution in [2.75, 3.05) is 13.6 Å². The van der Waals surface area contributed by atoms with Gasteiger partial charge in [0.25, 0.3) is 0 Å². The quantitative estimate of drug-likeness (QED) is 0.785. The van der Waals surface area contributed by atoms with Crippen molar-refractivity contribution in [3.63, 3.8) is 0 Å². The molecule has 0 aliphatic rings. The molecule has 1 unspecified atom stereocenters. The van der Waals surface area contributed by atoms with Crippen LogP contribution in [0.2, 0.25) is 30.7 Å². The number of hydrogen-bond donors (Lipinski definition) is 1. The third-order valence-corrected chi connectivity index (χ3v) is 4.58. The van der Waals surface area contributed by atoms with Crippen LogP contribution < -0.4 is 5.32 Å². The van der Waals surface area contributed by atoms with E-state index >= 15 is 0 Å². The van der Waals surface area contributed by atoms with Crippen LogP contribution >= 0.6 is 11.6 Å². The maximum atomic E-state index is 6.05. The first kappa shape index (κ1) is 13.8. The lowest BCUT2D eigenvalue weighted by Crippen LogP contribution is -2.27. The predicted molar refractivity (Wildman–Crippen MR) is 76.3 cm³/mol. The summed E-state index contributed by atoms with van der Waals surface area (Å²) in [5.74, 6) is 0.593. The van der Waals surface area contributed by atoms with Gasteiger partial charge in [0.1, 0.15) is 0 Å². The molecule has 0 saturated heterocycles.